The fraction of sp³-hybridized carbons (Fsp3) is 0.714. The van der Waals surface area contributed by atoms with Crippen molar-refractivity contribution in [3.05, 3.63) is 18.1 Å². The average molecular weight is 267 g/mol. The Labute approximate surface area is 111 Å². The van der Waals surface area contributed by atoms with E-state index in [1.54, 1.807) is 6.33 Å². The minimum Gasteiger partial charge on any atom is -0.370 e. The van der Waals surface area contributed by atoms with Crippen molar-refractivity contribution in [3.8, 4) is 0 Å². The molecule has 0 aromatic carbocycles. The van der Waals surface area contributed by atoms with Crippen LogP contribution in [0.25, 0.3) is 0 Å². The summed E-state index contributed by atoms with van der Waals surface area (Å²) in [5.41, 5.74) is 1.08. The van der Waals surface area contributed by atoms with Crippen LogP contribution >= 0.6 is 0 Å². The van der Waals surface area contributed by atoms with Crippen LogP contribution < -0.4 is 5.32 Å². The van der Waals surface area contributed by atoms with Crippen LogP contribution in [0.2, 0.25) is 0 Å². The first-order chi connectivity index (χ1) is 9.13. The van der Waals surface area contributed by atoms with Crippen molar-refractivity contribution in [1.29, 1.82) is 0 Å². The predicted octanol–water partition coefficient (Wildman–Crippen LogP) is 3.28. The van der Waals surface area contributed by atoms with E-state index in [2.05, 4.69) is 15.3 Å². The van der Waals surface area contributed by atoms with Crippen LogP contribution in [0, 0.1) is 11.8 Å². The van der Waals surface area contributed by atoms with Crippen molar-refractivity contribution in [2.24, 2.45) is 11.8 Å². The average Bonchev–Trinajstić information content (AvgIpc) is 3.26. The Balaban J connectivity index is 1.39. The summed E-state index contributed by atoms with van der Waals surface area (Å²) >= 11 is 0. The SMILES string of the molecule is FC1(F)CC1CCCNc1cc(CC2CC2)ncn1. The number of nitrogens with one attached hydrogen (secondary N) is 1. The summed E-state index contributed by atoms with van der Waals surface area (Å²) in [5.74, 6) is -1.15. The highest BCUT2D eigenvalue weighted by Gasteiger charge is 2.55. The second-order valence-electron chi connectivity index (χ2n) is 5.77. The molecule has 2 aliphatic rings. The molecule has 3 rings (SSSR count). The van der Waals surface area contributed by atoms with Gasteiger partial charge in [-0.1, -0.05) is 0 Å². The Bertz CT molecular complexity index is 446. The van der Waals surface area contributed by atoms with Crippen LogP contribution in [-0.2, 0) is 6.42 Å². The number of alkyl halides is 2. The smallest absolute Gasteiger partial charge is 0.251 e. The lowest BCUT2D eigenvalue weighted by molar-refractivity contribution is 0.0968. The maximum atomic E-state index is 12.7. The zero-order valence-corrected chi connectivity index (χ0v) is 10.9. The Morgan fingerprint density at radius 2 is 2.11 bits per heavy atom. The van der Waals surface area contributed by atoms with Gasteiger partial charge in [-0.15, -0.1) is 0 Å². The maximum Gasteiger partial charge on any atom is 0.251 e. The molecule has 1 unspecified atom stereocenters. The van der Waals surface area contributed by atoms with E-state index in [1.165, 1.54) is 12.8 Å². The summed E-state index contributed by atoms with van der Waals surface area (Å²) in [4.78, 5) is 8.41. The summed E-state index contributed by atoms with van der Waals surface area (Å²) in [6.07, 6.45) is 6.67. The van der Waals surface area contributed by atoms with Crippen LogP contribution in [0.4, 0.5) is 14.6 Å². The molecule has 2 aliphatic carbocycles. The monoisotopic (exact) mass is 267 g/mol. The third-order valence-corrected chi connectivity index (χ3v) is 3.91. The van der Waals surface area contributed by atoms with Crippen molar-refractivity contribution >= 4 is 5.82 Å². The molecular weight excluding hydrogens is 248 g/mol. The first-order valence-corrected chi connectivity index (χ1v) is 7.06. The van der Waals surface area contributed by atoms with E-state index in [0.717, 1.165) is 30.3 Å². The molecule has 0 saturated heterocycles. The highest BCUT2D eigenvalue weighted by Crippen LogP contribution is 2.51. The van der Waals surface area contributed by atoms with Gasteiger partial charge in [0.25, 0.3) is 5.92 Å². The van der Waals surface area contributed by atoms with Crippen LogP contribution in [0.15, 0.2) is 12.4 Å². The van der Waals surface area contributed by atoms with Gasteiger partial charge < -0.3 is 5.32 Å². The minimum absolute atomic E-state index is 0.0754. The number of aromatic nitrogens is 2. The molecule has 3 nitrogen and oxygen atoms in total. The first kappa shape index (κ1) is 12.8. The Morgan fingerprint density at radius 3 is 2.79 bits per heavy atom. The van der Waals surface area contributed by atoms with E-state index in [9.17, 15) is 8.78 Å². The van der Waals surface area contributed by atoms with Crippen molar-refractivity contribution in [2.45, 2.75) is 44.4 Å². The first-order valence-electron chi connectivity index (χ1n) is 7.06. The lowest BCUT2D eigenvalue weighted by Gasteiger charge is -2.06. The lowest BCUT2D eigenvalue weighted by atomic mass is 10.2. The third kappa shape index (κ3) is 3.61. The largest absolute Gasteiger partial charge is 0.370 e. The quantitative estimate of drug-likeness (QED) is 0.770. The normalized spacial score (nSPS) is 24.2. The highest BCUT2D eigenvalue weighted by molar-refractivity contribution is 5.34. The molecule has 1 heterocycles. The van der Waals surface area contributed by atoms with Gasteiger partial charge in [-0.2, -0.15) is 0 Å². The van der Waals surface area contributed by atoms with Gasteiger partial charge in [0.15, 0.2) is 0 Å². The van der Waals surface area contributed by atoms with Gasteiger partial charge in [-0.3, -0.25) is 0 Å². The standard InChI is InChI=1S/C14H19F2N3/c15-14(16)8-11(14)2-1-5-17-13-7-12(18-9-19-13)6-10-3-4-10/h7,9-11H,1-6,8H2,(H,17,18,19). The molecule has 104 valence electrons. The molecule has 5 heteroatoms. The molecule has 0 spiro atoms. The number of hydrogen-bond acceptors (Lipinski definition) is 3. The van der Waals surface area contributed by atoms with Gasteiger partial charge in [0.05, 0.1) is 0 Å². The van der Waals surface area contributed by atoms with E-state index in [0.29, 0.717) is 13.0 Å². The molecule has 0 aliphatic heterocycles. The Hall–Kier alpha value is -1.26. The van der Waals surface area contributed by atoms with Gasteiger partial charge in [0.2, 0.25) is 0 Å². The number of nitrogens with zero attached hydrogens (tertiary/aromatic N) is 2. The van der Waals surface area contributed by atoms with Crippen molar-refractivity contribution in [3.63, 3.8) is 0 Å². The van der Waals surface area contributed by atoms with Gasteiger partial charge in [0, 0.05) is 30.6 Å². The van der Waals surface area contributed by atoms with Crippen LogP contribution in [0.1, 0.15) is 37.8 Å². The second-order valence-corrected chi connectivity index (χ2v) is 5.77. The molecule has 1 aromatic rings. The number of anilines is 1. The molecule has 2 fully saturated rings. The summed E-state index contributed by atoms with van der Waals surface area (Å²) in [5, 5.41) is 3.19. The molecule has 19 heavy (non-hydrogen) atoms. The van der Waals surface area contributed by atoms with E-state index in [1.807, 2.05) is 6.07 Å². The van der Waals surface area contributed by atoms with Crippen LogP contribution in [0.5, 0.6) is 0 Å². The minimum atomic E-state index is -2.38. The molecule has 1 N–H and O–H groups in total. The molecular formula is C14H19F2N3. The zero-order chi connectivity index (χ0) is 13.3. The third-order valence-electron chi connectivity index (χ3n) is 3.91. The van der Waals surface area contributed by atoms with Crippen LogP contribution in [0.3, 0.4) is 0 Å². The van der Waals surface area contributed by atoms with Crippen molar-refractivity contribution in [2.75, 3.05) is 11.9 Å². The van der Waals surface area contributed by atoms with E-state index in [-0.39, 0.29) is 12.3 Å². The molecule has 2 saturated carbocycles. The highest BCUT2D eigenvalue weighted by atomic mass is 19.3. The molecule has 0 radical (unpaired) electrons. The Kier molecular flexibility index (Phi) is 3.37. The van der Waals surface area contributed by atoms with Crippen molar-refractivity contribution in [1.82, 2.24) is 9.97 Å². The summed E-state index contributed by atoms with van der Waals surface area (Å²) in [6, 6.07) is 1.98. The van der Waals surface area contributed by atoms with Gasteiger partial charge >= 0.3 is 0 Å². The summed E-state index contributed by atoms with van der Waals surface area (Å²) in [7, 11) is 0. The number of halogens is 2. The Morgan fingerprint density at radius 1 is 1.32 bits per heavy atom. The number of hydrogen-bond donors (Lipinski definition) is 1. The molecule has 1 atom stereocenters. The summed E-state index contributed by atoms with van der Waals surface area (Å²) in [6.45, 7) is 0.701. The zero-order valence-electron chi connectivity index (χ0n) is 10.9. The lowest BCUT2D eigenvalue weighted by Crippen LogP contribution is -2.06. The number of rotatable bonds is 7. The molecule has 0 amide bonds. The molecule has 0 bridgehead atoms. The fourth-order valence-corrected chi connectivity index (χ4v) is 2.37. The topological polar surface area (TPSA) is 37.8 Å². The fourth-order valence-electron chi connectivity index (χ4n) is 2.37. The molecule has 1 aromatic heterocycles. The van der Waals surface area contributed by atoms with Gasteiger partial charge in [0.1, 0.15) is 12.1 Å². The van der Waals surface area contributed by atoms with E-state index in [4.69, 9.17) is 0 Å². The van der Waals surface area contributed by atoms with Crippen molar-refractivity contribution < 1.29 is 8.78 Å². The van der Waals surface area contributed by atoms with Gasteiger partial charge in [-0.25, -0.2) is 18.7 Å². The van der Waals surface area contributed by atoms with Crippen LogP contribution in [-0.4, -0.2) is 22.4 Å². The summed E-state index contributed by atoms with van der Waals surface area (Å²) < 4.78 is 25.4. The second kappa shape index (κ2) is 5.02. The van der Waals surface area contributed by atoms with E-state index < -0.39 is 5.92 Å². The maximum absolute atomic E-state index is 12.7. The van der Waals surface area contributed by atoms with Gasteiger partial charge in [-0.05, 0) is 38.0 Å². The van der Waals surface area contributed by atoms with E-state index >= 15 is 0 Å². The predicted molar refractivity (Wildman–Crippen MR) is 69.2 cm³/mol.